The molecule has 116 valence electrons. The van der Waals surface area contributed by atoms with Gasteiger partial charge in [-0.3, -0.25) is 0 Å². The second-order valence-electron chi connectivity index (χ2n) is 4.44. The second-order valence-corrected chi connectivity index (χ2v) is 6.18. The van der Waals surface area contributed by atoms with Crippen LogP contribution in [0.4, 0.5) is 4.39 Å². The standard InChI is InChI=1S/C14H20FN3O2S/c1-3-18(2)10-9-17-21(19,20)14-7-6-13(15)11-12(14)5-4-8-16/h6-7,11,17H,3,8-10,16H2,1-2H3. The van der Waals surface area contributed by atoms with Gasteiger partial charge >= 0.3 is 0 Å². The molecule has 21 heavy (non-hydrogen) atoms. The van der Waals surface area contributed by atoms with Crippen LogP contribution in [0.1, 0.15) is 12.5 Å². The summed E-state index contributed by atoms with van der Waals surface area (Å²) in [6.07, 6.45) is 0. The van der Waals surface area contributed by atoms with Crippen molar-refractivity contribution in [1.82, 2.24) is 9.62 Å². The molecular weight excluding hydrogens is 293 g/mol. The van der Waals surface area contributed by atoms with Crippen LogP contribution >= 0.6 is 0 Å². The van der Waals surface area contributed by atoms with Crippen molar-refractivity contribution in [3.8, 4) is 11.8 Å². The van der Waals surface area contributed by atoms with Crippen molar-refractivity contribution in [3.63, 3.8) is 0 Å². The summed E-state index contributed by atoms with van der Waals surface area (Å²) >= 11 is 0. The summed E-state index contributed by atoms with van der Waals surface area (Å²) in [5.41, 5.74) is 5.37. The first kappa shape index (κ1) is 17.6. The lowest BCUT2D eigenvalue weighted by atomic mass is 10.2. The summed E-state index contributed by atoms with van der Waals surface area (Å²) < 4.78 is 40.2. The Labute approximate surface area is 125 Å². The molecule has 0 fully saturated rings. The number of likely N-dealkylation sites (N-methyl/N-ethyl adjacent to an activating group) is 1. The maximum Gasteiger partial charge on any atom is 0.241 e. The fourth-order valence-corrected chi connectivity index (χ4v) is 2.75. The Morgan fingerprint density at radius 3 is 2.76 bits per heavy atom. The van der Waals surface area contributed by atoms with Crippen LogP contribution in [0.2, 0.25) is 0 Å². The van der Waals surface area contributed by atoms with E-state index in [1.165, 1.54) is 6.07 Å². The van der Waals surface area contributed by atoms with E-state index >= 15 is 0 Å². The Balaban J connectivity index is 2.97. The highest BCUT2D eigenvalue weighted by molar-refractivity contribution is 7.89. The molecule has 0 unspecified atom stereocenters. The second kappa shape index (κ2) is 8.10. The van der Waals surface area contributed by atoms with Gasteiger partial charge in [-0.2, -0.15) is 0 Å². The lowest BCUT2D eigenvalue weighted by molar-refractivity contribution is 0.358. The number of sulfonamides is 1. The summed E-state index contributed by atoms with van der Waals surface area (Å²) in [6, 6.07) is 3.40. The molecule has 0 aliphatic heterocycles. The smallest absolute Gasteiger partial charge is 0.241 e. The lowest BCUT2D eigenvalue weighted by Gasteiger charge is -2.14. The predicted octanol–water partition coefficient (Wildman–Crippen LogP) is 0.366. The van der Waals surface area contributed by atoms with Crippen molar-refractivity contribution >= 4 is 10.0 Å². The quantitative estimate of drug-likeness (QED) is 0.744. The Morgan fingerprint density at radius 1 is 1.43 bits per heavy atom. The average Bonchev–Trinajstić information content (AvgIpc) is 2.44. The van der Waals surface area contributed by atoms with E-state index < -0.39 is 15.8 Å². The third kappa shape index (κ3) is 5.44. The van der Waals surface area contributed by atoms with Crippen molar-refractivity contribution < 1.29 is 12.8 Å². The minimum Gasteiger partial charge on any atom is -0.320 e. The van der Waals surface area contributed by atoms with Crippen molar-refractivity contribution in [2.45, 2.75) is 11.8 Å². The largest absolute Gasteiger partial charge is 0.320 e. The summed E-state index contributed by atoms with van der Waals surface area (Å²) in [5, 5.41) is 0. The van der Waals surface area contributed by atoms with Gasteiger partial charge in [-0.25, -0.2) is 17.5 Å². The predicted molar refractivity (Wildman–Crippen MR) is 80.7 cm³/mol. The van der Waals surface area contributed by atoms with Gasteiger partial charge in [0.25, 0.3) is 0 Å². The van der Waals surface area contributed by atoms with Crippen molar-refractivity contribution in [2.75, 3.05) is 33.2 Å². The molecule has 0 heterocycles. The molecule has 0 aromatic heterocycles. The fraction of sp³-hybridized carbons (Fsp3) is 0.429. The zero-order valence-corrected chi connectivity index (χ0v) is 13.0. The highest BCUT2D eigenvalue weighted by Crippen LogP contribution is 2.16. The number of hydrogen-bond acceptors (Lipinski definition) is 4. The van der Waals surface area contributed by atoms with Crippen LogP contribution in [0, 0.1) is 17.7 Å². The number of nitrogens with one attached hydrogen (secondary N) is 1. The first-order chi connectivity index (χ1) is 9.90. The van der Waals surface area contributed by atoms with Gasteiger partial charge in [0, 0.05) is 18.7 Å². The summed E-state index contributed by atoms with van der Waals surface area (Å²) in [5.74, 6) is 4.58. The van der Waals surface area contributed by atoms with Gasteiger partial charge in [-0.1, -0.05) is 18.8 Å². The molecule has 0 aliphatic carbocycles. The van der Waals surface area contributed by atoms with Gasteiger partial charge < -0.3 is 10.6 Å². The van der Waals surface area contributed by atoms with E-state index in [1.807, 2.05) is 18.9 Å². The number of halogens is 1. The van der Waals surface area contributed by atoms with Gasteiger partial charge in [0.05, 0.1) is 11.4 Å². The van der Waals surface area contributed by atoms with Gasteiger partial charge in [0.2, 0.25) is 10.0 Å². The Kier molecular flexibility index (Phi) is 6.78. The normalized spacial score (nSPS) is 11.3. The van der Waals surface area contributed by atoms with E-state index in [4.69, 9.17) is 5.73 Å². The maximum absolute atomic E-state index is 13.2. The Bertz CT molecular complexity index is 635. The fourth-order valence-electron chi connectivity index (χ4n) is 1.59. The minimum absolute atomic E-state index is 0.0380. The molecule has 7 heteroatoms. The van der Waals surface area contributed by atoms with Crippen LogP contribution in [0.3, 0.4) is 0 Å². The molecule has 0 saturated carbocycles. The molecule has 1 rings (SSSR count). The molecular formula is C14H20FN3O2S. The van der Waals surface area contributed by atoms with Crippen LogP contribution in [0.15, 0.2) is 23.1 Å². The molecule has 3 N–H and O–H groups in total. The molecule has 1 aromatic rings. The highest BCUT2D eigenvalue weighted by atomic mass is 32.2. The minimum atomic E-state index is -3.73. The molecule has 0 atom stereocenters. The van der Waals surface area contributed by atoms with Gasteiger partial charge in [0.15, 0.2) is 0 Å². The van der Waals surface area contributed by atoms with Crippen LogP contribution in [0.5, 0.6) is 0 Å². The van der Waals surface area contributed by atoms with Crippen LogP contribution in [-0.2, 0) is 10.0 Å². The first-order valence-electron chi connectivity index (χ1n) is 6.57. The Hall–Kier alpha value is -1.46. The SMILES string of the molecule is CCN(C)CCNS(=O)(=O)c1ccc(F)cc1C#CCN. The number of nitrogens with two attached hydrogens (primary N) is 1. The van der Waals surface area contributed by atoms with Crippen LogP contribution in [-0.4, -0.2) is 46.5 Å². The van der Waals surface area contributed by atoms with E-state index in [-0.39, 0.29) is 23.5 Å². The topological polar surface area (TPSA) is 75.4 Å². The molecule has 0 radical (unpaired) electrons. The number of rotatable bonds is 6. The van der Waals surface area contributed by atoms with Gasteiger partial charge in [-0.05, 0) is 31.8 Å². The van der Waals surface area contributed by atoms with Crippen molar-refractivity contribution in [1.29, 1.82) is 0 Å². The van der Waals surface area contributed by atoms with Gasteiger partial charge in [0.1, 0.15) is 5.82 Å². The zero-order chi connectivity index (χ0) is 15.9. The third-order valence-corrected chi connectivity index (χ3v) is 4.40. The molecule has 0 saturated heterocycles. The van der Waals surface area contributed by atoms with Crippen LogP contribution in [0.25, 0.3) is 0 Å². The van der Waals surface area contributed by atoms with E-state index in [0.29, 0.717) is 6.54 Å². The molecule has 5 nitrogen and oxygen atoms in total. The molecule has 1 aromatic carbocycles. The van der Waals surface area contributed by atoms with Crippen LogP contribution < -0.4 is 10.5 Å². The average molecular weight is 313 g/mol. The summed E-state index contributed by atoms with van der Waals surface area (Å²) in [6.45, 7) is 3.74. The number of nitrogens with zero attached hydrogens (tertiary/aromatic N) is 1. The lowest BCUT2D eigenvalue weighted by Crippen LogP contribution is -2.33. The highest BCUT2D eigenvalue weighted by Gasteiger charge is 2.18. The van der Waals surface area contributed by atoms with E-state index in [2.05, 4.69) is 16.6 Å². The molecule has 0 spiro atoms. The molecule has 0 aliphatic rings. The third-order valence-electron chi connectivity index (χ3n) is 2.88. The molecule has 0 bridgehead atoms. The molecule has 0 amide bonds. The summed E-state index contributed by atoms with van der Waals surface area (Å²) in [7, 11) is -1.84. The van der Waals surface area contributed by atoms with Crippen molar-refractivity contribution in [3.05, 3.63) is 29.6 Å². The van der Waals surface area contributed by atoms with Gasteiger partial charge in [-0.15, -0.1) is 0 Å². The maximum atomic E-state index is 13.2. The zero-order valence-electron chi connectivity index (χ0n) is 12.2. The number of hydrogen-bond donors (Lipinski definition) is 2. The monoisotopic (exact) mass is 313 g/mol. The Morgan fingerprint density at radius 2 is 2.14 bits per heavy atom. The van der Waals surface area contributed by atoms with Crippen molar-refractivity contribution in [2.24, 2.45) is 5.73 Å². The van der Waals surface area contributed by atoms with E-state index in [1.54, 1.807) is 0 Å². The van der Waals surface area contributed by atoms with E-state index in [0.717, 1.165) is 18.7 Å². The summed E-state index contributed by atoms with van der Waals surface area (Å²) in [4.78, 5) is 1.94. The van der Waals surface area contributed by atoms with E-state index in [9.17, 15) is 12.8 Å². The first-order valence-corrected chi connectivity index (χ1v) is 8.05. The number of benzene rings is 1.